The van der Waals surface area contributed by atoms with Gasteiger partial charge in [-0.25, -0.2) is 4.63 Å². The largest absolute Gasteiger partial charge is 0.484 e. The van der Waals surface area contributed by atoms with Crippen molar-refractivity contribution in [3.8, 4) is 11.5 Å². The van der Waals surface area contributed by atoms with Crippen LogP contribution in [-0.4, -0.2) is 35.3 Å². The number of amides is 2. The van der Waals surface area contributed by atoms with Crippen molar-refractivity contribution in [1.29, 1.82) is 0 Å². The lowest BCUT2D eigenvalue weighted by Crippen LogP contribution is -2.23. The van der Waals surface area contributed by atoms with Crippen molar-refractivity contribution in [3.05, 3.63) is 57.6 Å². The molecule has 31 heavy (non-hydrogen) atoms. The first kappa shape index (κ1) is 22.4. The first-order valence-electron chi connectivity index (χ1n) is 9.02. The minimum Gasteiger partial charge on any atom is -0.484 e. The number of aromatic nitrogens is 2. The van der Waals surface area contributed by atoms with E-state index in [4.69, 9.17) is 32.7 Å². The molecular weight excluding hydrogens is 447 g/mol. The van der Waals surface area contributed by atoms with E-state index in [9.17, 15) is 9.59 Å². The van der Waals surface area contributed by atoms with Gasteiger partial charge in [-0.3, -0.25) is 9.59 Å². The molecular formula is C20H18Cl2N4O5. The smallest absolute Gasteiger partial charge is 0.263 e. The van der Waals surface area contributed by atoms with Gasteiger partial charge in [-0.05, 0) is 71.7 Å². The van der Waals surface area contributed by atoms with Crippen molar-refractivity contribution in [2.75, 3.05) is 23.8 Å². The minimum absolute atomic E-state index is 0.0587. The second-order valence-corrected chi connectivity index (χ2v) is 7.27. The normalized spacial score (nSPS) is 10.5. The van der Waals surface area contributed by atoms with E-state index in [0.29, 0.717) is 21.5 Å². The monoisotopic (exact) mass is 464 g/mol. The van der Waals surface area contributed by atoms with Crippen LogP contribution in [0.1, 0.15) is 11.1 Å². The molecule has 0 saturated carbocycles. The van der Waals surface area contributed by atoms with Gasteiger partial charge in [-0.2, -0.15) is 0 Å². The Hall–Kier alpha value is -3.30. The second-order valence-electron chi connectivity index (χ2n) is 6.46. The van der Waals surface area contributed by atoms with Crippen LogP contribution in [0, 0.1) is 13.8 Å². The first-order chi connectivity index (χ1) is 14.8. The van der Waals surface area contributed by atoms with Crippen LogP contribution in [0.5, 0.6) is 11.5 Å². The molecule has 2 amide bonds. The maximum Gasteiger partial charge on any atom is 0.263 e. The Balaban J connectivity index is 1.50. The number of hydrogen-bond acceptors (Lipinski definition) is 7. The Labute approximate surface area is 187 Å². The molecule has 0 aliphatic heterocycles. The summed E-state index contributed by atoms with van der Waals surface area (Å²) in [6.07, 6.45) is 0. The van der Waals surface area contributed by atoms with E-state index in [2.05, 4.69) is 25.6 Å². The standard InChI is InChI=1S/C20H18Cl2N4O5/c1-11-7-13(3-5-15(11)21)29-9-17(27)23-19-20(26-31-25-19)24-18(28)10-30-14-4-6-16(22)12(2)8-14/h3-8H,9-10H2,1-2H3,(H,23,25,27)(H,24,26,28). The van der Waals surface area contributed by atoms with Gasteiger partial charge in [0.25, 0.3) is 11.8 Å². The van der Waals surface area contributed by atoms with Crippen LogP contribution >= 0.6 is 23.2 Å². The number of aryl methyl sites for hydroxylation is 2. The fourth-order valence-corrected chi connectivity index (χ4v) is 2.64. The van der Waals surface area contributed by atoms with Gasteiger partial charge in [0.1, 0.15) is 11.5 Å². The fourth-order valence-electron chi connectivity index (χ4n) is 2.40. The highest BCUT2D eigenvalue weighted by Crippen LogP contribution is 2.22. The summed E-state index contributed by atoms with van der Waals surface area (Å²) >= 11 is 11.9. The Kier molecular flexibility index (Phi) is 7.32. The van der Waals surface area contributed by atoms with Crippen LogP contribution in [0.4, 0.5) is 11.6 Å². The van der Waals surface area contributed by atoms with E-state index in [-0.39, 0.29) is 24.8 Å². The number of hydrogen-bond donors (Lipinski definition) is 2. The summed E-state index contributed by atoms with van der Waals surface area (Å²) in [5.41, 5.74) is 1.64. The predicted molar refractivity (Wildman–Crippen MR) is 115 cm³/mol. The van der Waals surface area contributed by atoms with E-state index in [0.717, 1.165) is 11.1 Å². The molecule has 0 aliphatic carbocycles. The van der Waals surface area contributed by atoms with Crippen molar-refractivity contribution >= 4 is 46.7 Å². The van der Waals surface area contributed by atoms with Crippen LogP contribution in [0.15, 0.2) is 41.0 Å². The van der Waals surface area contributed by atoms with Gasteiger partial charge in [-0.15, -0.1) is 0 Å². The molecule has 162 valence electrons. The molecule has 9 nitrogen and oxygen atoms in total. The number of rotatable bonds is 8. The van der Waals surface area contributed by atoms with Gasteiger partial charge < -0.3 is 20.1 Å². The maximum absolute atomic E-state index is 12.1. The van der Waals surface area contributed by atoms with E-state index < -0.39 is 11.8 Å². The molecule has 0 spiro atoms. The molecule has 0 atom stereocenters. The zero-order valence-corrected chi connectivity index (χ0v) is 18.1. The molecule has 1 aromatic heterocycles. The van der Waals surface area contributed by atoms with Gasteiger partial charge in [-0.1, -0.05) is 23.2 Å². The van der Waals surface area contributed by atoms with Gasteiger partial charge in [0.2, 0.25) is 11.6 Å². The minimum atomic E-state index is -0.522. The average molecular weight is 465 g/mol. The van der Waals surface area contributed by atoms with Crippen LogP contribution < -0.4 is 20.1 Å². The third-order valence-electron chi connectivity index (χ3n) is 4.00. The Bertz CT molecular complexity index is 1020. The van der Waals surface area contributed by atoms with Crippen molar-refractivity contribution in [1.82, 2.24) is 10.3 Å². The first-order valence-corrected chi connectivity index (χ1v) is 9.77. The number of halogens is 2. The predicted octanol–water partition coefficient (Wildman–Crippen LogP) is 4.03. The van der Waals surface area contributed by atoms with Crippen molar-refractivity contribution in [2.45, 2.75) is 13.8 Å². The number of carbonyl (C=O) groups is 2. The molecule has 1 heterocycles. The third-order valence-corrected chi connectivity index (χ3v) is 4.85. The van der Waals surface area contributed by atoms with E-state index >= 15 is 0 Å². The SMILES string of the molecule is Cc1cc(OCC(=O)Nc2nonc2NC(=O)COc2ccc(Cl)c(C)c2)ccc1Cl. The van der Waals surface area contributed by atoms with Gasteiger partial charge in [0, 0.05) is 10.0 Å². The number of nitrogens with one attached hydrogen (secondary N) is 2. The van der Waals surface area contributed by atoms with Gasteiger partial charge in [0.05, 0.1) is 0 Å². The summed E-state index contributed by atoms with van der Waals surface area (Å²) in [5, 5.41) is 13.2. The summed E-state index contributed by atoms with van der Waals surface area (Å²) < 4.78 is 15.4. The highest BCUT2D eigenvalue weighted by molar-refractivity contribution is 6.31. The number of nitrogens with zero attached hydrogens (tertiary/aromatic N) is 2. The quantitative estimate of drug-likeness (QED) is 0.516. The lowest BCUT2D eigenvalue weighted by Gasteiger charge is -2.09. The zero-order chi connectivity index (χ0) is 22.4. The van der Waals surface area contributed by atoms with E-state index in [1.165, 1.54) is 0 Å². The van der Waals surface area contributed by atoms with Crippen LogP contribution in [-0.2, 0) is 9.59 Å². The third kappa shape index (κ3) is 6.34. The van der Waals surface area contributed by atoms with Crippen molar-refractivity contribution in [3.63, 3.8) is 0 Å². The molecule has 2 aromatic carbocycles. The number of anilines is 2. The Morgan fingerprint density at radius 1 is 0.839 bits per heavy atom. The average Bonchev–Trinajstić information content (AvgIpc) is 3.16. The highest BCUT2D eigenvalue weighted by Gasteiger charge is 2.16. The summed E-state index contributed by atoms with van der Waals surface area (Å²) in [6, 6.07) is 10.1. The molecule has 0 fully saturated rings. The molecule has 0 bridgehead atoms. The molecule has 0 saturated heterocycles. The lowest BCUT2D eigenvalue weighted by molar-refractivity contribution is -0.119. The molecule has 0 unspecified atom stereocenters. The van der Waals surface area contributed by atoms with Crippen LogP contribution in [0.2, 0.25) is 10.0 Å². The number of benzene rings is 2. The molecule has 2 N–H and O–H groups in total. The number of ether oxygens (including phenoxy) is 2. The van der Waals surface area contributed by atoms with Gasteiger partial charge in [0.15, 0.2) is 13.2 Å². The van der Waals surface area contributed by atoms with Gasteiger partial charge >= 0.3 is 0 Å². The molecule has 3 aromatic rings. The summed E-state index contributed by atoms with van der Waals surface area (Å²) in [6.45, 7) is 3.06. The Morgan fingerprint density at radius 3 is 1.65 bits per heavy atom. The van der Waals surface area contributed by atoms with Crippen molar-refractivity contribution in [2.24, 2.45) is 0 Å². The van der Waals surface area contributed by atoms with Crippen molar-refractivity contribution < 1.29 is 23.7 Å². The van der Waals surface area contributed by atoms with Crippen LogP contribution in [0.25, 0.3) is 0 Å². The summed E-state index contributed by atoms with van der Waals surface area (Å²) in [5.74, 6) is -0.191. The maximum atomic E-state index is 12.1. The zero-order valence-electron chi connectivity index (χ0n) is 16.6. The lowest BCUT2D eigenvalue weighted by atomic mass is 10.2. The second kappa shape index (κ2) is 10.1. The number of carbonyl (C=O) groups excluding carboxylic acids is 2. The van der Waals surface area contributed by atoms with Crippen LogP contribution in [0.3, 0.4) is 0 Å². The summed E-state index contributed by atoms with van der Waals surface area (Å²) in [4.78, 5) is 24.2. The molecule has 11 heteroatoms. The Morgan fingerprint density at radius 2 is 1.26 bits per heavy atom. The topological polar surface area (TPSA) is 116 Å². The molecule has 0 aliphatic rings. The molecule has 3 rings (SSSR count). The fraction of sp³-hybridized carbons (Fsp3) is 0.200. The van der Waals surface area contributed by atoms with E-state index in [1.54, 1.807) is 36.4 Å². The summed E-state index contributed by atoms with van der Waals surface area (Å²) in [7, 11) is 0. The molecule has 0 radical (unpaired) electrons. The van der Waals surface area contributed by atoms with E-state index in [1.807, 2.05) is 13.8 Å². The highest BCUT2D eigenvalue weighted by atomic mass is 35.5.